The highest BCUT2D eigenvalue weighted by Gasteiger charge is 2.40. The molecule has 188 valence electrons. The number of nitrogens with one attached hydrogen (secondary N) is 1. The van der Waals surface area contributed by atoms with Crippen molar-refractivity contribution in [1.29, 1.82) is 0 Å². The van der Waals surface area contributed by atoms with Gasteiger partial charge in [-0.1, -0.05) is 62.6 Å². The Morgan fingerprint density at radius 2 is 2.03 bits per heavy atom. The summed E-state index contributed by atoms with van der Waals surface area (Å²) >= 11 is 0. The van der Waals surface area contributed by atoms with Gasteiger partial charge in [-0.3, -0.25) is 10.5 Å². The Balaban J connectivity index is 1.34. The van der Waals surface area contributed by atoms with Gasteiger partial charge in [0.25, 0.3) is 5.72 Å². The van der Waals surface area contributed by atoms with E-state index in [2.05, 4.69) is 39.7 Å². The fourth-order valence-electron chi connectivity index (χ4n) is 3.74. The molecule has 4 rings (SSSR count). The molecule has 3 N–H and O–H groups in total. The van der Waals surface area contributed by atoms with Crippen LogP contribution in [0.2, 0.25) is 0 Å². The Morgan fingerprint density at radius 1 is 1.17 bits per heavy atom. The SMILES string of the molecule is CCCCCC/C=C/COc1ccc(C=CC(=O)c2cccc3c2OC(N)(c2nnn[nH]2)CO3)cc1. The summed E-state index contributed by atoms with van der Waals surface area (Å²) in [5.74, 6) is 1.41. The zero-order chi connectivity index (χ0) is 25.2. The molecule has 2 heterocycles. The summed E-state index contributed by atoms with van der Waals surface area (Å²) in [4.78, 5) is 13.0. The van der Waals surface area contributed by atoms with Crippen molar-refractivity contribution in [1.82, 2.24) is 20.6 Å². The van der Waals surface area contributed by atoms with E-state index in [0.29, 0.717) is 17.9 Å². The van der Waals surface area contributed by atoms with Crippen LogP contribution in [0.5, 0.6) is 17.2 Å². The number of benzene rings is 2. The first kappa shape index (κ1) is 25.1. The van der Waals surface area contributed by atoms with Gasteiger partial charge in [0.15, 0.2) is 17.3 Å². The highest BCUT2D eigenvalue weighted by Crippen LogP contribution is 2.39. The van der Waals surface area contributed by atoms with Gasteiger partial charge in [0, 0.05) is 0 Å². The first-order valence-corrected chi connectivity index (χ1v) is 12.2. The Morgan fingerprint density at radius 3 is 2.81 bits per heavy atom. The minimum atomic E-state index is -1.43. The molecule has 0 spiro atoms. The zero-order valence-electron chi connectivity index (χ0n) is 20.4. The van der Waals surface area contributed by atoms with E-state index < -0.39 is 5.72 Å². The largest absolute Gasteiger partial charge is 0.490 e. The fraction of sp³-hybridized carbons (Fsp3) is 0.333. The number of hydrogen-bond donors (Lipinski definition) is 2. The third-order valence-electron chi connectivity index (χ3n) is 5.76. The third-order valence-corrected chi connectivity index (χ3v) is 5.76. The van der Waals surface area contributed by atoms with E-state index in [1.807, 2.05) is 24.3 Å². The number of carbonyl (C=O) groups is 1. The number of nitrogens with zero attached hydrogens (tertiary/aromatic N) is 3. The molecule has 0 saturated heterocycles. The Bertz CT molecular complexity index is 1190. The lowest BCUT2D eigenvalue weighted by atomic mass is 10.1. The minimum Gasteiger partial charge on any atom is -0.490 e. The smallest absolute Gasteiger partial charge is 0.254 e. The van der Waals surface area contributed by atoms with Gasteiger partial charge in [0.2, 0.25) is 5.82 Å². The van der Waals surface area contributed by atoms with Crippen molar-refractivity contribution in [3.05, 3.63) is 77.6 Å². The van der Waals surface area contributed by atoms with Crippen LogP contribution in [0, 0.1) is 0 Å². The topological polar surface area (TPSA) is 125 Å². The lowest BCUT2D eigenvalue weighted by Crippen LogP contribution is -2.51. The molecule has 1 aromatic heterocycles. The van der Waals surface area contributed by atoms with E-state index in [-0.39, 0.29) is 24.0 Å². The van der Waals surface area contributed by atoms with Crippen LogP contribution in [0.4, 0.5) is 0 Å². The number of rotatable bonds is 12. The normalized spacial score (nSPS) is 17.1. The number of aromatic nitrogens is 4. The average molecular weight is 490 g/mol. The number of hydrogen-bond acceptors (Lipinski definition) is 8. The molecule has 9 nitrogen and oxygen atoms in total. The summed E-state index contributed by atoms with van der Waals surface area (Å²) in [5, 5.41) is 13.5. The molecule has 0 fully saturated rings. The number of nitrogens with two attached hydrogens (primary N) is 1. The summed E-state index contributed by atoms with van der Waals surface area (Å²) < 4.78 is 17.5. The van der Waals surface area contributed by atoms with E-state index in [0.717, 1.165) is 17.7 Å². The maximum absolute atomic E-state index is 13.0. The second kappa shape index (κ2) is 12.1. The van der Waals surface area contributed by atoms with Crippen LogP contribution in [-0.2, 0) is 5.72 Å². The number of carbonyl (C=O) groups excluding carboxylic acids is 1. The molecule has 1 atom stereocenters. The molecule has 2 aromatic carbocycles. The van der Waals surface area contributed by atoms with Crippen LogP contribution < -0.4 is 19.9 Å². The predicted molar refractivity (Wildman–Crippen MR) is 136 cm³/mol. The van der Waals surface area contributed by atoms with Gasteiger partial charge in [-0.05, 0) is 59.2 Å². The van der Waals surface area contributed by atoms with Crippen LogP contribution in [0.15, 0.2) is 60.7 Å². The van der Waals surface area contributed by atoms with Gasteiger partial charge in [-0.25, -0.2) is 5.10 Å². The molecular formula is C27H31N5O4. The lowest BCUT2D eigenvalue weighted by Gasteiger charge is -2.33. The van der Waals surface area contributed by atoms with Gasteiger partial charge < -0.3 is 14.2 Å². The number of ether oxygens (including phenoxy) is 3. The lowest BCUT2D eigenvalue weighted by molar-refractivity contribution is -0.0154. The number of tetrazole rings is 1. The predicted octanol–water partition coefficient (Wildman–Crippen LogP) is 4.58. The van der Waals surface area contributed by atoms with E-state index >= 15 is 0 Å². The zero-order valence-corrected chi connectivity index (χ0v) is 20.4. The van der Waals surface area contributed by atoms with Crippen LogP contribution in [0.3, 0.4) is 0 Å². The maximum Gasteiger partial charge on any atom is 0.254 e. The molecule has 0 bridgehead atoms. The van der Waals surface area contributed by atoms with Crippen molar-refractivity contribution in [2.24, 2.45) is 5.73 Å². The standard InChI is InChI=1S/C27H31N5O4/c1-2-3-4-5-6-7-8-18-34-21-15-12-20(13-16-21)14-17-23(33)22-10-9-11-24-25(22)36-27(28,19-35-24)26-29-31-32-30-26/h7-17H,2-6,18-19,28H2,1H3,(H,29,30,31,32)/b8-7+,17-14?. The number of para-hydroxylation sites is 1. The first-order chi connectivity index (χ1) is 17.6. The minimum absolute atomic E-state index is 0.00642. The van der Waals surface area contributed by atoms with Crippen molar-refractivity contribution in [3.63, 3.8) is 0 Å². The molecule has 0 amide bonds. The van der Waals surface area contributed by atoms with Gasteiger partial charge in [-0.15, -0.1) is 5.10 Å². The van der Waals surface area contributed by atoms with E-state index in [1.54, 1.807) is 24.3 Å². The highest BCUT2D eigenvalue weighted by atomic mass is 16.6. The van der Waals surface area contributed by atoms with Crippen molar-refractivity contribution in [2.45, 2.75) is 44.8 Å². The number of fused-ring (bicyclic) bond motifs is 1. The maximum atomic E-state index is 13.0. The molecule has 0 saturated carbocycles. The number of unbranched alkanes of at least 4 members (excludes halogenated alkanes) is 4. The van der Waals surface area contributed by atoms with Gasteiger partial charge in [0.05, 0.1) is 5.56 Å². The Kier molecular flexibility index (Phi) is 8.46. The number of aromatic amines is 1. The fourth-order valence-corrected chi connectivity index (χ4v) is 3.74. The molecule has 0 aliphatic carbocycles. The van der Waals surface area contributed by atoms with Gasteiger partial charge in [0.1, 0.15) is 19.0 Å². The third kappa shape index (κ3) is 6.37. The van der Waals surface area contributed by atoms with Crippen LogP contribution in [-0.4, -0.2) is 39.6 Å². The molecule has 9 heteroatoms. The summed E-state index contributed by atoms with van der Waals surface area (Å²) in [6, 6.07) is 12.7. The Hall–Kier alpha value is -3.98. The number of allylic oxidation sites excluding steroid dienone is 2. The van der Waals surface area contributed by atoms with Gasteiger partial charge >= 0.3 is 0 Å². The van der Waals surface area contributed by atoms with Crippen LogP contribution in [0.1, 0.15) is 60.8 Å². The molecule has 0 radical (unpaired) electrons. The first-order valence-electron chi connectivity index (χ1n) is 12.2. The monoisotopic (exact) mass is 489 g/mol. The number of ketones is 1. The van der Waals surface area contributed by atoms with Crippen molar-refractivity contribution >= 4 is 11.9 Å². The molecule has 3 aromatic rings. The van der Waals surface area contributed by atoms with Crippen molar-refractivity contribution in [2.75, 3.05) is 13.2 Å². The number of H-pyrrole nitrogens is 1. The van der Waals surface area contributed by atoms with Crippen molar-refractivity contribution in [3.8, 4) is 17.2 Å². The Labute approximate surface area is 210 Å². The molecular weight excluding hydrogens is 458 g/mol. The second-order valence-electron chi connectivity index (χ2n) is 8.56. The van der Waals surface area contributed by atoms with Gasteiger partial charge in [-0.2, -0.15) is 0 Å². The van der Waals surface area contributed by atoms with E-state index in [9.17, 15) is 4.79 Å². The summed E-state index contributed by atoms with van der Waals surface area (Å²) in [6.45, 7) is 2.75. The van der Waals surface area contributed by atoms with Crippen LogP contribution in [0.25, 0.3) is 6.08 Å². The highest BCUT2D eigenvalue weighted by molar-refractivity contribution is 6.09. The van der Waals surface area contributed by atoms with Crippen molar-refractivity contribution < 1.29 is 19.0 Å². The average Bonchev–Trinajstić information content (AvgIpc) is 3.45. The quantitative estimate of drug-likeness (QED) is 0.164. The molecule has 36 heavy (non-hydrogen) atoms. The summed E-state index contributed by atoms with van der Waals surface area (Å²) in [6.07, 6.45) is 13.6. The summed E-state index contributed by atoms with van der Waals surface area (Å²) in [7, 11) is 0. The van der Waals surface area contributed by atoms with E-state index in [4.69, 9.17) is 19.9 Å². The molecule has 1 unspecified atom stereocenters. The van der Waals surface area contributed by atoms with Crippen LogP contribution >= 0.6 is 0 Å². The molecule has 1 aliphatic rings. The van der Waals surface area contributed by atoms with E-state index in [1.165, 1.54) is 31.8 Å². The summed E-state index contributed by atoms with van der Waals surface area (Å²) in [5.41, 5.74) is 6.06. The second-order valence-corrected chi connectivity index (χ2v) is 8.56. The molecule has 1 aliphatic heterocycles.